The predicted octanol–water partition coefficient (Wildman–Crippen LogP) is 3.50. The first-order chi connectivity index (χ1) is 10.7. The molecule has 0 bridgehead atoms. The number of likely N-dealkylation sites (tertiary alicyclic amines) is 1. The average Bonchev–Trinajstić information content (AvgIpc) is 3.13. The number of nitrogens with one attached hydrogen (secondary N) is 1. The number of furan rings is 1. The lowest BCUT2D eigenvalue weighted by molar-refractivity contribution is 0.145. The van der Waals surface area contributed by atoms with Crippen LogP contribution in [0.3, 0.4) is 0 Å². The van der Waals surface area contributed by atoms with Gasteiger partial charge in [-0.25, -0.2) is 4.98 Å². The van der Waals surface area contributed by atoms with Crippen molar-refractivity contribution >= 4 is 32.7 Å². The maximum atomic E-state index is 8.92. The van der Waals surface area contributed by atoms with Crippen molar-refractivity contribution in [2.45, 2.75) is 37.8 Å². The SMILES string of the molecule is N#Cc1cc2c(Br)c(NC3CC(N4CCCC4)C3)ncc2o1. The Kier molecular flexibility index (Phi) is 3.55. The Balaban J connectivity index is 1.46. The first kappa shape index (κ1) is 14.0. The summed E-state index contributed by atoms with van der Waals surface area (Å²) in [5, 5.41) is 13.3. The lowest BCUT2D eigenvalue weighted by Crippen LogP contribution is -2.49. The van der Waals surface area contributed by atoms with E-state index in [1.807, 2.05) is 6.07 Å². The van der Waals surface area contributed by atoms with E-state index >= 15 is 0 Å². The van der Waals surface area contributed by atoms with Gasteiger partial charge in [0.1, 0.15) is 11.9 Å². The molecule has 2 aromatic rings. The number of nitriles is 1. The molecule has 1 saturated heterocycles. The van der Waals surface area contributed by atoms with Crippen LogP contribution in [0.5, 0.6) is 0 Å². The van der Waals surface area contributed by atoms with Crippen LogP contribution in [-0.2, 0) is 0 Å². The van der Waals surface area contributed by atoms with Crippen LogP contribution in [0.1, 0.15) is 31.4 Å². The van der Waals surface area contributed by atoms with Crippen molar-refractivity contribution in [1.29, 1.82) is 5.26 Å². The molecule has 3 heterocycles. The zero-order chi connectivity index (χ0) is 15.1. The third-order valence-corrected chi connectivity index (χ3v) is 5.54. The number of aromatic nitrogens is 1. The lowest BCUT2D eigenvalue weighted by atomic mass is 9.85. The molecular formula is C16H17BrN4O. The van der Waals surface area contributed by atoms with E-state index in [9.17, 15) is 0 Å². The topological polar surface area (TPSA) is 65.1 Å². The van der Waals surface area contributed by atoms with Gasteiger partial charge in [0.2, 0.25) is 5.76 Å². The molecule has 4 rings (SSSR count). The van der Waals surface area contributed by atoms with E-state index in [0.29, 0.717) is 17.4 Å². The molecule has 0 unspecified atom stereocenters. The van der Waals surface area contributed by atoms with E-state index in [4.69, 9.17) is 9.68 Å². The number of hydrogen-bond acceptors (Lipinski definition) is 5. The standard InChI is InChI=1S/C16H17BrN4O/c17-15-13-7-12(8-18)22-14(13)9-19-16(15)20-10-5-11(6-10)21-3-1-2-4-21/h7,9-11H,1-6H2,(H,19,20). The van der Waals surface area contributed by atoms with Crippen LogP contribution in [0.4, 0.5) is 5.82 Å². The quantitative estimate of drug-likeness (QED) is 0.907. The summed E-state index contributed by atoms with van der Waals surface area (Å²) in [7, 11) is 0. The van der Waals surface area contributed by atoms with Crippen LogP contribution in [0.15, 0.2) is 21.2 Å². The Morgan fingerprint density at radius 2 is 2.14 bits per heavy atom. The van der Waals surface area contributed by atoms with Crippen LogP contribution in [0, 0.1) is 11.3 Å². The molecule has 5 nitrogen and oxygen atoms in total. The second-order valence-corrected chi connectivity index (χ2v) is 6.92. The van der Waals surface area contributed by atoms with Gasteiger partial charge < -0.3 is 14.6 Å². The monoisotopic (exact) mass is 360 g/mol. The summed E-state index contributed by atoms with van der Waals surface area (Å²) < 4.78 is 6.27. The first-order valence-corrected chi connectivity index (χ1v) is 8.52. The van der Waals surface area contributed by atoms with Crippen molar-refractivity contribution in [1.82, 2.24) is 9.88 Å². The zero-order valence-electron chi connectivity index (χ0n) is 12.2. The molecule has 1 aliphatic heterocycles. The van der Waals surface area contributed by atoms with Crippen molar-refractivity contribution in [3.63, 3.8) is 0 Å². The van der Waals surface area contributed by atoms with Crippen LogP contribution in [-0.4, -0.2) is 35.1 Å². The number of hydrogen-bond donors (Lipinski definition) is 1. The van der Waals surface area contributed by atoms with Crippen molar-refractivity contribution in [3.05, 3.63) is 22.5 Å². The summed E-state index contributed by atoms with van der Waals surface area (Å²) in [6, 6.07) is 4.99. The van der Waals surface area contributed by atoms with Gasteiger partial charge in [0.25, 0.3) is 0 Å². The summed E-state index contributed by atoms with van der Waals surface area (Å²) >= 11 is 3.58. The Hall–Kier alpha value is -1.58. The summed E-state index contributed by atoms with van der Waals surface area (Å²) in [4.78, 5) is 7.03. The van der Waals surface area contributed by atoms with Crippen LogP contribution in [0.2, 0.25) is 0 Å². The Morgan fingerprint density at radius 1 is 1.36 bits per heavy atom. The van der Waals surface area contributed by atoms with Gasteiger partial charge in [-0.2, -0.15) is 5.26 Å². The molecule has 1 N–H and O–H groups in total. The molecule has 0 spiro atoms. The molecule has 0 amide bonds. The van der Waals surface area contributed by atoms with Crippen molar-refractivity contribution in [2.75, 3.05) is 18.4 Å². The highest BCUT2D eigenvalue weighted by molar-refractivity contribution is 9.10. The number of rotatable bonds is 3. The van der Waals surface area contributed by atoms with Gasteiger partial charge in [-0.05, 0) is 54.7 Å². The zero-order valence-corrected chi connectivity index (χ0v) is 13.8. The Morgan fingerprint density at radius 3 is 2.86 bits per heavy atom. The molecule has 0 atom stereocenters. The fourth-order valence-electron chi connectivity index (χ4n) is 3.44. The van der Waals surface area contributed by atoms with Gasteiger partial charge in [-0.15, -0.1) is 0 Å². The van der Waals surface area contributed by atoms with Gasteiger partial charge in [-0.3, -0.25) is 0 Å². The number of halogens is 1. The Labute approximate surface area is 137 Å². The summed E-state index contributed by atoms with van der Waals surface area (Å²) in [6.07, 6.45) is 6.74. The van der Waals surface area contributed by atoms with Gasteiger partial charge in [0.15, 0.2) is 5.58 Å². The van der Waals surface area contributed by atoms with Gasteiger partial charge in [0.05, 0.1) is 10.7 Å². The molecule has 2 aromatic heterocycles. The first-order valence-electron chi connectivity index (χ1n) is 7.73. The van der Waals surface area contributed by atoms with Gasteiger partial charge >= 0.3 is 0 Å². The summed E-state index contributed by atoms with van der Waals surface area (Å²) in [6.45, 7) is 2.52. The highest BCUT2D eigenvalue weighted by Gasteiger charge is 2.35. The maximum absolute atomic E-state index is 8.92. The molecule has 1 saturated carbocycles. The highest BCUT2D eigenvalue weighted by Crippen LogP contribution is 2.35. The Bertz CT molecular complexity index is 738. The van der Waals surface area contributed by atoms with Crippen molar-refractivity contribution < 1.29 is 4.42 Å². The molecule has 2 fully saturated rings. The smallest absolute Gasteiger partial charge is 0.204 e. The van der Waals surface area contributed by atoms with Crippen molar-refractivity contribution in [2.24, 2.45) is 0 Å². The molecule has 22 heavy (non-hydrogen) atoms. The minimum atomic E-state index is 0.312. The number of pyridine rings is 1. The van der Waals surface area contributed by atoms with Crippen LogP contribution >= 0.6 is 15.9 Å². The molecule has 114 valence electrons. The number of fused-ring (bicyclic) bond motifs is 1. The van der Waals surface area contributed by atoms with Crippen LogP contribution < -0.4 is 5.32 Å². The third-order valence-electron chi connectivity index (χ3n) is 4.74. The van der Waals surface area contributed by atoms with E-state index in [1.165, 1.54) is 38.8 Å². The van der Waals surface area contributed by atoms with Crippen LogP contribution in [0.25, 0.3) is 11.0 Å². The van der Waals surface area contributed by atoms with E-state index in [-0.39, 0.29) is 0 Å². The van der Waals surface area contributed by atoms with Gasteiger partial charge in [-0.1, -0.05) is 0 Å². The minimum Gasteiger partial charge on any atom is -0.444 e. The van der Waals surface area contributed by atoms with Crippen molar-refractivity contribution in [3.8, 4) is 6.07 Å². The van der Waals surface area contributed by atoms with E-state index in [1.54, 1.807) is 12.3 Å². The van der Waals surface area contributed by atoms with E-state index in [2.05, 4.69) is 31.1 Å². The normalized spacial score (nSPS) is 25.1. The number of anilines is 1. The van der Waals surface area contributed by atoms with E-state index in [0.717, 1.165) is 21.7 Å². The molecule has 0 radical (unpaired) electrons. The molecule has 0 aromatic carbocycles. The number of nitrogens with zero attached hydrogens (tertiary/aromatic N) is 3. The molecular weight excluding hydrogens is 344 g/mol. The molecule has 6 heteroatoms. The summed E-state index contributed by atoms with van der Waals surface area (Å²) in [5.41, 5.74) is 0.637. The largest absolute Gasteiger partial charge is 0.444 e. The second kappa shape index (κ2) is 5.56. The maximum Gasteiger partial charge on any atom is 0.204 e. The molecule has 2 aliphatic rings. The molecule has 1 aliphatic carbocycles. The van der Waals surface area contributed by atoms with Gasteiger partial charge in [0, 0.05) is 23.5 Å². The fraction of sp³-hybridized carbons (Fsp3) is 0.500. The third kappa shape index (κ3) is 2.38. The lowest BCUT2D eigenvalue weighted by Gasteiger charge is -2.41. The summed E-state index contributed by atoms with van der Waals surface area (Å²) in [5.74, 6) is 1.15. The van der Waals surface area contributed by atoms with E-state index < -0.39 is 0 Å². The fourth-order valence-corrected chi connectivity index (χ4v) is 3.97. The average molecular weight is 361 g/mol. The predicted molar refractivity (Wildman–Crippen MR) is 87.7 cm³/mol. The second-order valence-electron chi connectivity index (χ2n) is 6.13. The highest BCUT2D eigenvalue weighted by atomic mass is 79.9. The minimum absolute atomic E-state index is 0.312.